The smallest absolute Gasteiger partial charge is 0.251 e. The Bertz CT molecular complexity index is 1540. The van der Waals surface area contributed by atoms with Crippen molar-refractivity contribution in [3.8, 4) is 22.5 Å². The van der Waals surface area contributed by atoms with Gasteiger partial charge in [-0.05, 0) is 44.5 Å². The number of furan rings is 1. The SMILES string of the molecule is CCC(=O)c1c(-c2ccc(C)cc2)oc2cc(N(CC)CC)c(-c3cccc(C(=O)NCC4(C)COC4)c3)cc12. The average molecular weight is 539 g/mol. The monoisotopic (exact) mass is 538 g/mol. The van der Waals surface area contributed by atoms with Crippen LogP contribution in [-0.4, -0.2) is 44.5 Å². The molecule has 2 heterocycles. The van der Waals surface area contributed by atoms with Gasteiger partial charge in [-0.3, -0.25) is 9.59 Å². The number of aryl methyl sites for hydroxylation is 1. The van der Waals surface area contributed by atoms with E-state index in [-0.39, 0.29) is 17.1 Å². The van der Waals surface area contributed by atoms with Crippen LogP contribution in [0.4, 0.5) is 5.69 Å². The molecule has 0 bridgehead atoms. The summed E-state index contributed by atoms with van der Waals surface area (Å²) in [6.07, 6.45) is 0.375. The minimum absolute atomic E-state index is 0.00706. The minimum atomic E-state index is -0.104. The van der Waals surface area contributed by atoms with Crippen molar-refractivity contribution in [2.24, 2.45) is 5.41 Å². The van der Waals surface area contributed by atoms with Crippen LogP contribution < -0.4 is 10.2 Å². The molecule has 5 rings (SSSR count). The van der Waals surface area contributed by atoms with Gasteiger partial charge in [0.15, 0.2) is 5.78 Å². The molecule has 1 aliphatic rings. The highest BCUT2D eigenvalue weighted by molar-refractivity contribution is 6.13. The van der Waals surface area contributed by atoms with Crippen LogP contribution >= 0.6 is 0 Å². The molecule has 1 fully saturated rings. The van der Waals surface area contributed by atoms with E-state index >= 15 is 0 Å². The number of ketones is 1. The van der Waals surface area contributed by atoms with E-state index in [2.05, 4.69) is 37.1 Å². The Balaban J connectivity index is 1.64. The number of rotatable bonds is 10. The lowest BCUT2D eigenvalue weighted by Crippen LogP contribution is -2.48. The summed E-state index contributed by atoms with van der Waals surface area (Å²) in [7, 11) is 0. The van der Waals surface area contributed by atoms with E-state index in [4.69, 9.17) is 9.15 Å². The van der Waals surface area contributed by atoms with Crippen LogP contribution in [0, 0.1) is 12.3 Å². The van der Waals surface area contributed by atoms with E-state index < -0.39 is 0 Å². The molecule has 3 aromatic carbocycles. The summed E-state index contributed by atoms with van der Waals surface area (Å²) in [5, 5.41) is 3.87. The number of Topliss-reactive ketones (excluding diaryl/α,β-unsaturated/α-hetero) is 1. The Labute approximate surface area is 236 Å². The highest BCUT2D eigenvalue weighted by Crippen LogP contribution is 2.41. The summed E-state index contributed by atoms with van der Waals surface area (Å²) in [6.45, 7) is 13.8. The van der Waals surface area contributed by atoms with E-state index in [1.165, 1.54) is 0 Å². The molecule has 0 atom stereocenters. The number of fused-ring (bicyclic) bond motifs is 1. The number of hydrogen-bond donors (Lipinski definition) is 1. The van der Waals surface area contributed by atoms with Gasteiger partial charge in [-0.1, -0.05) is 55.8 Å². The normalized spacial score (nSPS) is 14.1. The zero-order valence-corrected chi connectivity index (χ0v) is 24.1. The maximum Gasteiger partial charge on any atom is 0.251 e. The molecule has 4 aromatic rings. The Hall–Kier alpha value is -3.90. The molecule has 1 amide bonds. The molecular weight excluding hydrogens is 500 g/mol. The van der Waals surface area contributed by atoms with Crippen molar-refractivity contribution in [2.45, 2.75) is 41.0 Å². The maximum atomic E-state index is 13.3. The molecule has 0 saturated carbocycles. The first-order valence-electron chi connectivity index (χ1n) is 14.2. The third kappa shape index (κ3) is 5.28. The van der Waals surface area contributed by atoms with Gasteiger partial charge in [0.25, 0.3) is 5.91 Å². The maximum absolute atomic E-state index is 13.3. The van der Waals surface area contributed by atoms with E-state index in [0.29, 0.717) is 48.6 Å². The zero-order chi connectivity index (χ0) is 28.4. The molecule has 1 aromatic heterocycles. The predicted molar refractivity (Wildman–Crippen MR) is 161 cm³/mol. The van der Waals surface area contributed by atoms with E-state index in [1.807, 2.05) is 68.4 Å². The number of amides is 1. The van der Waals surface area contributed by atoms with Gasteiger partial charge in [0, 0.05) is 65.3 Å². The van der Waals surface area contributed by atoms with Crippen LogP contribution in [0.2, 0.25) is 0 Å². The van der Waals surface area contributed by atoms with Crippen molar-refractivity contribution >= 4 is 28.3 Å². The Morgan fingerprint density at radius 2 is 1.68 bits per heavy atom. The molecule has 208 valence electrons. The molecular formula is C34H38N2O4. The van der Waals surface area contributed by atoms with Gasteiger partial charge >= 0.3 is 0 Å². The first-order valence-corrected chi connectivity index (χ1v) is 14.2. The molecule has 0 aliphatic carbocycles. The van der Waals surface area contributed by atoms with Gasteiger partial charge in [0.1, 0.15) is 11.3 Å². The Morgan fingerprint density at radius 3 is 2.30 bits per heavy atom. The second kappa shape index (κ2) is 11.3. The third-order valence-electron chi connectivity index (χ3n) is 7.84. The van der Waals surface area contributed by atoms with Crippen molar-refractivity contribution in [3.63, 3.8) is 0 Å². The highest BCUT2D eigenvalue weighted by atomic mass is 16.5. The molecule has 1 N–H and O–H groups in total. The summed E-state index contributed by atoms with van der Waals surface area (Å²) in [5.74, 6) is 0.538. The fourth-order valence-electron chi connectivity index (χ4n) is 5.33. The summed E-state index contributed by atoms with van der Waals surface area (Å²) in [6, 6.07) is 19.9. The van der Waals surface area contributed by atoms with Crippen molar-refractivity contribution in [1.29, 1.82) is 0 Å². The molecule has 0 unspecified atom stereocenters. The molecule has 6 heteroatoms. The topological polar surface area (TPSA) is 71.8 Å². The fourth-order valence-corrected chi connectivity index (χ4v) is 5.33. The van der Waals surface area contributed by atoms with Gasteiger partial charge in [-0.2, -0.15) is 0 Å². The molecule has 1 saturated heterocycles. The number of carbonyl (C=O) groups is 2. The summed E-state index contributed by atoms with van der Waals surface area (Å²) in [4.78, 5) is 28.7. The summed E-state index contributed by atoms with van der Waals surface area (Å²) in [5.41, 5.74) is 6.81. The standard InChI is InChI=1S/C34H38N2O4/c1-6-29(37)31-27-17-26(24-10-9-11-25(16-24)33(38)35-19-34(5)20-39-21-34)28(36(7-2)8-3)18-30(27)40-32(31)23-14-12-22(4)13-15-23/h9-18H,6-8,19-21H2,1-5H3,(H,35,38). The van der Waals surface area contributed by atoms with Crippen molar-refractivity contribution in [3.05, 3.63) is 77.4 Å². The lowest BCUT2D eigenvalue weighted by molar-refractivity contribution is -0.0978. The number of benzene rings is 3. The number of carbonyl (C=O) groups excluding carboxylic acids is 2. The van der Waals surface area contributed by atoms with Crippen LogP contribution in [0.25, 0.3) is 33.4 Å². The van der Waals surface area contributed by atoms with Crippen LogP contribution in [0.5, 0.6) is 0 Å². The van der Waals surface area contributed by atoms with Gasteiger partial charge in [-0.25, -0.2) is 0 Å². The number of hydrogen-bond acceptors (Lipinski definition) is 5. The third-order valence-corrected chi connectivity index (χ3v) is 7.84. The predicted octanol–water partition coefficient (Wildman–Crippen LogP) is 7.28. The van der Waals surface area contributed by atoms with Crippen molar-refractivity contribution in [1.82, 2.24) is 5.32 Å². The van der Waals surface area contributed by atoms with E-state index in [9.17, 15) is 9.59 Å². The first kappa shape index (κ1) is 27.7. The van der Waals surface area contributed by atoms with Gasteiger partial charge < -0.3 is 19.4 Å². The number of nitrogens with one attached hydrogen (secondary N) is 1. The number of ether oxygens (including phenoxy) is 1. The quantitative estimate of drug-likeness (QED) is 0.215. The first-order chi connectivity index (χ1) is 19.3. The molecule has 0 spiro atoms. The van der Waals surface area contributed by atoms with Crippen LogP contribution in [0.3, 0.4) is 0 Å². The Morgan fingerprint density at radius 1 is 0.950 bits per heavy atom. The largest absolute Gasteiger partial charge is 0.455 e. The minimum Gasteiger partial charge on any atom is -0.455 e. The highest BCUT2D eigenvalue weighted by Gasteiger charge is 2.33. The zero-order valence-electron chi connectivity index (χ0n) is 24.1. The molecule has 1 aliphatic heterocycles. The Kier molecular flexibility index (Phi) is 7.81. The van der Waals surface area contributed by atoms with Crippen LogP contribution in [0.1, 0.15) is 60.4 Å². The molecule has 0 radical (unpaired) electrons. The van der Waals surface area contributed by atoms with Gasteiger partial charge in [-0.15, -0.1) is 0 Å². The molecule has 40 heavy (non-hydrogen) atoms. The second-order valence-electron chi connectivity index (χ2n) is 11.1. The van der Waals surface area contributed by atoms with Crippen molar-refractivity contribution in [2.75, 3.05) is 37.7 Å². The lowest BCUT2D eigenvalue weighted by Gasteiger charge is -2.38. The van der Waals surface area contributed by atoms with Crippen LogP contribution in [0.15, 0.2) is 65.1 Å². The fraction of sp³-hybridized carbons (Fsp3) is 0.353. The average Bonchev–Trinajstić information content (AvgIpc) is 3.33. The number of anilines is 1. The van der Waals surface area contributed by atoms with E-state index in [1.54, 1.807) is 0 Å². The van der Waals surface area contributed by atoms with Gasteiger partial charge in [0.05, 0.1) is 18.8 Å². The molecule has 6 nitrogen and oxygen atoms in total. The summed E-state index contributed by atoms with van der Waals surface area (Å²) < 4.78 is 11.8. The van der Waals surface area contributed by atoms with Crippen molar-refractivity contribution < 1.29 is 18.7 Å². The summed E-state index contributed by atoms with van der Waals surface area (Å²) >= 11 is 0. The van der Waals surface area contributed by atoms with Crippen LogP contribution in [-0.2, 0) is 4.74 Å². The van der Waals surface area contributed by atoms with Gasteiger partial charge in [0.2, 0.25) is 0 Å². The second-order valence-corrected chi connectivity index (χ2v) is 11.1. The number of nitrogens with zero attached hydrogens (tertiary/aromatic N) is 1. The van der Waals surface area contributed by atoms with E-state index in [0.717, 1.165) is 46.4 Å². The lowest BCUT2D eigenvalue weighted by atomic mass is 9.88.